The number of carbonyl (C=O) groups is 2. The Bertz CT molecular complexity index is 392. The van der Waals surface area contributed by atoms with Crippen molar-refractivity contribution in [3.63, 3.8) is 0 Å². The molecule has 0 aliphatic rings. The molecular weight excluding hydrogens is 227 g/mol. The number of ether oxygens (including phenoxy) is 2. The van der Waals surface area contributed by atoms with E-state index < -0.39 is 17.8 Å². The molecule has 0 atom stereocenters. The normalized spacial score (nSPS) is 9.82. The maximum atomic E-state index is 13.8. The highest BCUT2D eigenvalue weighted by Gasteiger charge is 2.20. The van der Waals surface area contributed by atoms with Crippen molar-refractivity contribution in [2.45, 2.75) is 13.8 Å². The van der Waals surface area contributed by atoms with E-state index in [4.69, 9.17) is 0 Å². The van der Waals surface area contributed by atoms with E-state index in [9.17, 15) is 14.0 Å². The number of carbonyl (C=O) groups excluding carboxylic acids is 2. The summed E-state index contributed by atoms with van der Waals surface area (Å²) in [5.74, 6) is -2.50. The lowest BCUT2D eigenvalue weighted by Gasteiger charge is -2.07. The summed E-state index contributed by atoms with van der Waals surface area (Å²) in [5, 5.41) is 0. The minimum atomic E-state index is -0.913. The zero-order valence-electron chi connectivity index (χ0n) is 9.66. The van der Waals surface area contributed by atoms with Crippen molar-refractivity contribution >= 4 is 11.9 Å². The highest BCUT2D eigenvalue weighted by molar-refractivity contribution is 5.95. The van der Waals surface area contributed by atoms with Gasteiger partial charge in [-0.3, -0.25) is 0 Å². The van der Waals surface area contributed by atoms with Crippen LogP contribution in [0.3, 0.4) is 0 Å². The number of benzene rings is 1. The largest absolute Gasteiger partial charge is 0.462 e. The lowest BCUT2D eigenvalue weighted by Crippen LogP contribution is -2.13. The third-order valence-electron chi connectivity index (χ3n) is 1.99. The van der Waals surface area contributed by atoms with Crippen molar-refractivity contribution in [1.29, 1.82) is 0 Å². The van der Waals surface area contributed by atoms with E-state index in [1.54, 1.807) is 13.8 Å². The molecule has 0 spiro atoms. The fourth-order valence-corrected chi connectivity index (χ4v) is 1.26. The van der Waals surface area contributed by atoms with Crippen LogP contribution in [0.1, 0.15) is 34.6 Å². The van der Waals surface area contributed by atoms with Crippen LogP contribution in [0.25, 0.3) is 0 Å². The van der Waals surface area contributed by atoms with Gasteiger partial charge in [-0.05, 0) is 26.0 Å². The molecule has 0 unspecified atom stereocenters. The highest BCUT2D eigenvalue weighted by atomic mass is 19.1. The molecule has 1 aromatic rings. The average molecular weight is 240 g/mol. The minimum Gasteiger partial charge on any atom is -0.462 e. The van der Waals surface area contributed by atoms with Gasteiger partial charge in [-0.1, -0.05) is 6.07 Å². The molecule has 0 aromatic heterocycles. The molecule has 0 N–H and O–H groups in total. The predicted molar refractivity (Wildman–Crippen MR) is 58.3 cm³/mol. The molecule has 17 heavy (non-hydrogen) atoms. The van der Waals surface area contributed by atoms with Gasteiger partial charge in [0.2, 0.25) is 0 Å². The molecule has 92 valence electrons. The molecule has 0 saturated carbocycles. The number of rotatable bonds is 4. The number of hydrogen-bond donors (Lipinski definition) is 0. The van der Waals surface area contributed by atoms with Crippen LogP contribution in [0.15, 0.2) is 18.2 Å². The summed E-state index contributed by atoms with van der Waals surface area (Å²) < 4.78 is 23.2. The first-order chi connectivity index (χ1) is 8.11. The van der Waals surface area contributed by atoms with Gasteiger partial charge in [-0.25, -0.2) is 14.0 Å². The summed E-state index contributed by atoms with van der Waals surface area (Å²) in [6.45, 7) is 3.51. The number of esters is 2. The van der Waals surface area contributed by atoms with Gasteiger partial charge in [0.15, 0.2) is 5.82 Å². The first-order valence-electron chi connectivity index (χ1n) is 5.24. The standard InChI is InChI=1S/C12H13FO4/c1-3-16-11(14)8-6-5-7-9(10(8)13)12(15)17-4-2/h5-7H,3-4H2,1-2H3. The molecule has 1 aromatic carbocycles. The second kappa shape index (κ2) is 5.98. The van der Waals surface area contributed by atoms with E-state index in [1.165, 1.54) is 18.2 Å². The SMILES string of the molecule is CCOC(=O)c1cccc(C(=O)OCC)c1F. The van der Waals surface area contributed by atoms with Gasteiger partial charge in [0.1, 0.15) is 0 Å². The summed E-state index contributed by atoms with van der Waals surface area (Å²) in [6, 6.07) is 3.92. The van der Waals surface area contributed by atoms with Crippen molar-refractivity contribution in [3.05, 3.63) is 35.1 Å². The number of halogens is 1. The Morgan fingerprint density at radius 1 is 1.06 bits per heavy atom. The molecule has 1 rings (SSSR count). The van der Waals surface area contributed by atoms with Gasteiger partial charge in [-0.15, -0.1) is 0 Å². The van der Waals surface area contributed by atoms with Crippen LogP contribution in [0.4, 0.5) is 4.39 Å². The van der Waals surface area contributed by atoms with Crippen LogP contribution in [0, 0.1) is 5.82 Å². The van der Waals surface area contributed by atoms with Crippen LogP contribution >= 0.6 is 0 Å². The molecule has 0 bridgehead atoms. The van der Waals surface area contributed by atoms with Gasteiger partial charge in [-0.2, -0.15) is 0 Å². The second-order valence-electron chi connectivity index (χ2n) is 3.11. The fourth-order valence-electron chi connectivity index (χ4n) is 1.26. The van der Waals surface area contributed by atoms with Crippen LogP contribution in [-0.4, -0.2) is 25.2 Å². The molecule has 0 saturated heterocycles. The molecule has 0 amide bonds. The Morgan fingerprint density at radius 2 is 1.47 bits per heavy atom. The van der Waals surface area contributed by atoms with Gasteiger partial charge in [0.25, 0.3) is 0 Å². The molecule has 0 heterocycles. The van der Waals surface area contributed by atoms with Crippen LogP contribution < -0.4 is 0 Å². The first-order valence-corrected chi connectivity index (χ1v) is 5.24. The van der Waals surface area contributed by atoms with Gasteiger partial charge in [0, 0.05) is 0 Å². The van der Waals surface area contributed by atoms with E-state index in [0.717, 1.165) is 0 Å². The predicted octanol–water partition coefficient (Wildman–Crippen LogP) is 2.18. The summed E-state index contributed by atoms with van der Waals surface area (Å²) in [5.41, 5.74) is -0.533. The molecule has 5 heteroatoms. The van der Waals surface area contributed by atoms with E-state index in [0.29, 0.717) is 0 Å². The Hall–Kier alpha value is -1.91. The Balaban J connectivity index is 3.07. The fraction of sp³-hybridized carbons (Fsp3) is 0.333. The first kappa shape index (κ1) is 13.2. The van der Waals surface area contributed by atoms with Gasteiger partial charge in [0.05, 0.1) is 24.3 Å². The molecular formula is C12H13FO4. The third-order valence-corrected chi connectivity index (χ3v) is 1.99. The Kier molecular flexibility index (Phi) is 4.63. The summed E-state index contributed by atoms with van der Waals surface area (Å²) >= 11 is 0. The highest BCUT2D eigenvalue weighted by Crippen LogP contribution is 2.15. The van der Waals surface area contributed by atoms with E-state index in [-0.39, 0.29) is 24.3 Å². The minimum absolute atomic E-state index is 0.141. The van der Waals surface area contributed by atoms with E-state index in [1.807, 2.05) is 0 Å². The van der Waals surface area contributed by atoms with Gasteiger partial charge >= 0.3 is 11.9 Å². The Morgan fingerprint density at radius 3 is 1.82 bits per heavy atom. The monoisotopic (exact) mass is 240 g/mol. The smallest absolute Gasteiger partial charge is 0.341 e. The third kappa shape index (κ3) is 3.03. The van der Waals surface area contributed by atoms with Crippen LogP contribution in [0.2, 0.25) is 0 Å². The zero-order valence-corrected chi connectivity index (χ0v) is 9.66. The van der Waals surface area contributed by atoms with E-state index in [2.05, 4.69) is 9.47 Å². The average Bonchev–Trinajstić information content (AvgIpc) is 2.29. The quantitative estimate of drug-likeness (QED) is 0.757. The topological polar surface area (TPSA) is 52.6 Å². The molecule has 0 fully saturated rings. The van der Waals surface area contributed by atoms with Crippen molar-refractivity contribution in [3.8, 4) is 0 Å². The second-order valence-corrected chi connectivity index (χ2v) is 3.11. The van der Waals surface area contributed by atoms with Gasteiger partial charge < -0.3 is 9.47 Å². The summed E-state index contributed by atoms with van der Waals surface area (Å²) in [7, 11) is 0. The Labute approximate surface area is 98.3 Å². The van der Waals surface area contributed by atoms with Crippen molar-refractivity contribution in [1.82, 2.24) is 0 Å². The lowest BCUT2D eigenvalue weighted by molar-refractivity contribution is 0.0514. The molecule has 0 aliphatic carbocycles. The van der Waals surface area contributed by atoms with E-state index >= 15 is 0 Å². The summed E-state index contributed by atoms with van der Waals surface area (Å²) in [6.07, 6.45) is 0. The zero-order chi connectivity index (χ0) is 12.8. The molecule has 0 radical (unpaired) electrons. The van der Waals surface area contributed by atoms with Crippen LogP contribution in [0.5, 0.6) is 0 Å². The van der Waals surface area contributed by atoms with Crippen molar-refractivity contribution < 1.29 is 23.5 Å². The molecule has 4 nitrogen and oxygen atoms in total. The van der Waals surface area contributed by atoms with Crippen molar-refractivity contribution in [2.24, 2.45) is 0 Å². The maximum absolute atomic E-state index is 13.8. The maximum Gasteiger partial charge on any atom is 0.341 e. The number of hydrogen-bond acceptors (Lipinski definition) is 4. The summed E-state index contributed by atoms with van der Waals surface area (Å²) in [4.78, 5) is 22.8. The lowest BCUT2D eigenvalue weighted by atomic mass is 10.1. The van der Waals surface area contributed by atoms with Crippen LogP contribution in [-0.2, 0) is 9.47 Å². The molecule has 0 aliphatic heterocycles. The van der Waals surface area contributed by atoms with Crippen molar-refractivity contribution in [2.75, 3.05) is 13.2 Å².